The molecule has 40 heavy (non-hydrogen) atoms. The minimum absolute atomic E-state index is 0.251. The number of carbonyl (C=O) groups is 4. The van der Waals surface area contributed by atoms with Gasteiger partial charge in [0.1, 0.15) is 0 Å². The first kappa shape index (κ1) is 33.0. The summed E-state index contributed by atoms with van der Waals surface area (Å²) in [5.41, 5.74) is 2.83. The molecule has 2 aliphatic rings. The van der Waals surface area contributed by atoms with Crippen molar-refractivity contribution in [3.8, 4) is 0 Å². The Morgan fingerprint density at radius 3 is 1.93 bits per heavy atom. The zero-order chi connectivity index (χ0) is 29.7. The molecule has 216 valence electrons. The van der Waals surface area contributed by atoms with Crippen molar-refractivity contribution in [1.29, 1.82) is 0 Å². The first-order valence-electron chi connectivity index (χ1n) is 11.9. The van der Waals surface area contributed by atoms with Crippen molar-refractivity contribution in [2.45, 2.75) is 21.6 Å². The Balaban J connectivity index is 0.000000290. The molecule has 1 aromatic heterocycles. The number of aliphatic hydroxyl groups excluding tert-OH is 1. The minimum atomic E-state index is -1.26. The molecule has 3 heterocycles. The zero-order valence-electron chi connectivity index (χ0n) is 21.2. The largest absolute Gasteiger partial charge is 0.478 e. The number of thiophene rings is 1. The molecule has 1 aromatic carbocycles. The second-order valence-corrected chi connectivity index (χ2v) is 11.0. The third kappa shape index (κ3) is 11.5. The van der Waals surface area contributed by atoms with Gasteiger partial charge in [0.2, 0.25) is 0 Å². The third-order valence-electron chi connectivity index (χ3n) is 5.66. The summed E-state index contributed by atoms with van der Waals surface area (Å²) in [6.07, 6.45) is 3.25. The molecule has 11 nitrogen and oxygen atoms in total. The van der Waals surface area contributed by atoms with Crippen molar-refractivity contribution in [3.63, 3.8) is 0 Å². The molecular weight excluding hydrogens is 584 g/mol. The quantitative estimate of drug-likeness (QED) is 0.289. The van der Waals surface area contributed by atoms with Crippen LogP contribution in [0.3, 0.4) is 0 Å². The van der Waals surface area contributed by atoms with E-state index >= 15 is 0 Å². The Kier molecular flexibility index (Phi) is 13.9. The highest BCUT2D eigenvalue weighted by Gasteiger charge is 2.30. The third-order valence-corrected chi connectivity index (χ3v) is 8.19. The molecule has 1 unspecified atom stereocenters. The number of nitrogens with zero attached hydrogens (tertiary/aromatic N) is 2. The molecule has 0 aliphatic carbocycles. The van der Waals surface area contributed by atoms with Gasteiger partial charge in [0, 0.05) is 73.0 Å². The average Bonchev–Trinajstić information content (AvgIpc) is 3.29. The monoisotopic (exact) mass is 612 g/mol. The number of hydrogen-bond donors (Lipinski definition) is 5. The van der Waals surface area contributed by atoms with Gasteiger partial charge in [0.25, 0.3) is 0 Å². The molecule has 1 saturated heterocycles. The van der Waals surface area contributed by atoms with Gasteiger partial charge in [-0.3, -0.25) is 9.80 Å². The zero-order valence-corrected chi connectivity index (χ0v) is 23.6. The van der Waals surface area contributed by atoms with E-state index in [0.717, 1.165) is 44.2 Å². The molecule has 5 N–H and O–H groups in total. The van der Waals surface area contributed by atoms with E-state index in [9.17, 15) is 19.2 Å². The van der Waals surface area contributed by atoms with E-state index in [-0.39, 0.29) is 6.61 Å². The molecule has 0 bridgehead atoms. The van der Waals surface area contributed by atoms with Crippen LogP contribution in [0.1, 0.15) is 17.2 Å². The summed E-state index contributed by atoms with van der Waals surface area (Å²) in [5, 5.41) is 43.4. The predicted octanol–water partition coefficient (Wildman–Crippen LogP) is 3.18. The van der Waals surface area contributed by atoms with Crippen LogP contribution < -0.4 is 0 Å². The lowest BCUT2D eigenvalue weighted by molar-refractivity contribution is -0.134. The lowest BCUT2D eigenvalue weighted by atomic mass is 9.99. The fourth-order valence-corrected chi connectivity index (χ4v) is 6.34. The first-order valence-corrected chi connectivity index (χ1v) is 14.0. The highest BCUT2D eigenvalue weighted by atomic mass is 35.5. The van der Waals surface area contributed by atoms with Crippen LogP contribution in [0.25, 0.3) is 0 Å². The fraction of sp³-hybridized carbons (Fsp3) is 0.308. The lowest BCUT2D eigenvalue weighted by Crippen LogP contribution is -2.48. The molecule has 14 heteroatoms. The average molecular weight is 613 g/mol. The molecule has 1 fully saturated rings. The number of β-amino-alcohol motifs (C(OH)–C–C–N with tert-alkyl or cyclic N) is 1. The number of fused-ring (bicyclic) bond motifs is 2. The number of benzene rings is 1. The number of hydrogen-bond acceptors (Lipinski definition) is 9. The van der Waals surface area contributed by atoms with Crippen molar-refractivity contribution >= 4 is 58.6 Å². The Labute approximate surface area is 243 Å². The van der Waals surface area contributed by atoms with Crippen molar-refractivity contribution in [1.82, 2.24) is 9.80 Å². The first-order chi connectivity index (χ1) is 19.0. The van der Waals surface area contributed by atoms with Gasteiger partial charge in [0.05, 0.1) is 10.8 Å². The van der Waals surface area contributed by atoms with E-state index in [1.165, 1.54) is 20.2 Å². The van der Waals surface area contributed by atoms with Gasteiger partial charge < -0.3 is 25.5 Å². The Bertz CT molecular complexity index is 1170. The van der Waals surface area contributed by atoms with E-state index in [2.05, 4.69) is 33.4 Å². The topological polar surface area (TPSA) is 176 Å². The van der Waals surface area contributed by atoms with Crippen LogP contribution >= 0.6 is 34.7 Å². The van der Waals surface area contributed by atoms with Crippen molar-refractivity contribution in [2.75, 3.05) is 39.3 Å². The van der Waals surface area contributed by atoms with Crippen LogP contribution in [0.5, 0.6) is 0 Å². The van der Waals surface area contributed by atoms with Crippen LogP contribution in [-0.2, 0) is 25.6 Å². The van der Waals surface area contributed by atoms with Crippen LogP contribution in [0.4, 0.5) is 0 Å². The number of aliphatic carboxylic acids is 4. The molecule has 0 spiro atoms. The van der Waals surface area contributed by atoms with Gasteiger partial charge in [-0.15, -0.1) is 11.3 Å². The van der Waals surface area contributed by atoms with Crippen LogP contribution in [0, 0.1) is 0 Å². The summed E-state index contributed by atoms with van der Waals surface area (Å²) < 4.78 is 1.42. The van der Waals surface area contributed by atoms with E-state index in [4.69, 9.17) is 37.1 Å². The number of piperazine rings is 1. The highest BCUT2D eigenvalue weighted by Crippen LogP contribution is 2.46. The van der Waals surface area contributed by atoms with E-state index in [1.54, 1.807) is 0 Å². The number of rotatable bonds is 7. The molecule has 0 amide bonds. The van der Waals surface area contributed by atoms with E-state index in [1.807, 2.05) is 29.2 Å². The summed E-state index contributed by atoms with van der Waals surface area (Å²) >= 11 is 9.98. The van der Waals surface area contributed by atoms with Gasteiger partial charge in [-0.1, -0.05) is 23.4 Å². The SMILES string of the molecule is O=C(O)/C=C\C(=O)O.O=C(O)/C=C\C(=O)O.OCCN1CCN(C2Cc3cc(Cl)ccc3Sc3sccc32)CC1. The standard InChI is InChI=1S/C18H21ClN2OS2.2C4H4O4/c19-14-1-2-17-13(11-14)12-16(15-3-10-23-18(15)24-17)21-6-4-20(5-7-21)8-9-22;2*5-3(6)1-2-4(7)8/h1-3,10-11,16,22H,4-9,12H2;2*1-2H,(H,5,6)(H,7,8)/b;2*2-1-. The maximum atomic E-state index is 9.55. The predicted molar refractivity (Wildman–Crippen MR) is 150 cm³/mol. The van der Waals surface area contributed by atoms with Gasteiger partial charge in [-0.05, 0) is 47.2 Å². The summed E-state index contributed by atoms with van der Waals surface area (Å²) in [7, 11) is 0. The molecule has 4 rings (SSSR count). The maximum Gasteiger partial charge on any atom is 0.328 e. The van der Waals surface area contributed by atoms with Crippen LogP contribution in [0.15, 0.2) is 63.1 Å². The summed E-state index contributed by atoms with van der Waals surface area (Å²) in [4.78, 5) is 44.5. The van der Waals surface area contributed by atoms with Gasteiger partial charge in [-0.2, -0.15) is 0 Å². The Morgan fingerprint density at radius 1 is 0.875 bits per heavy atom. The second-order valence-electron chi connectivity index (χ2n) is 8.36. The molecule has 2 aromatic rings. The highest BCUT2D eigenvalue weighted by molar-refractivity contribution is 8.01. The van der Waals surface area contributed by atoms with Crippen molar-refractivity contribution < 1.29 is 44.7 Å². The number of aliphatic hydroxyl groups is 1. The maximum absolute atomic E-state index is 9.55. The summed E-state index contributed by atoms with van der Waals surface area (Å²) in [6.45, 7) is 5.22. The van der Waals surface area contributed by atoms with Gasteiger partial charge in [-0.25, -0.2) is 19.2 Å². The van der Waals surface area contributed by atoms with E-state index in [0.29, 0.717) is 30.3 Å². The molecule has 1 atom stereocenters. The molecular formula is C26H29ClN2O9S2. The Morgan fingerprint density at radius 2 is 1.43 bits per heavy atom. The summed E-state index contributed by atoms with van der Waals surface area (Å²) in [6, 6.07) is 9.01. The molecule has 0 radical (unpaired) electrons. The number of carboxylic acids is 4. The number of halogens is 1. The molecule has 2 aliphatic heterocycles. The van der Waals surface area contributed by atoms with Crippen molar-refractivity contribution in [2.24, 2.45) is 0 Å². The normalized spacial score (nSPS) is 17.0. The van der Waals surface area contributed by atoms with E-state index < -0.39 is 23.9 Å². The number of carboxylic acid groups (broad SMARTS) is 4. The van der Waals surface area contributed by atoms with Crippen LogP contribution in [-0.4, -0.2) is 98.5 Å². The van der Waals surface area contributed by atoms with Crippen LogP contribution in [0.2, 0.25) is 5.02 Å². The van der Waals surface area contributed by atoms with Gasteiger partial charge >= 0.3 is 23.9 Å². The second kappa shape index (κ2) is 16.8. The van der Waals surface area contributed by atoms with Gasteiger partial charge in [0.15, 0.2) is 0 Å². The minimum Gasteiger partial charge on any atom is -0.478 e. The summed E-state index contributed by atoms with van der Waals surface area (Å²) in [5.74, 6) is -5.03. The smallest absolute Gasteiger partial charge is 0.328 e. The fourth-order valence-electron chi connectivity index (χ4n) is 3.91. The lowest BCUT2D eigenvalue weighted by Gasteiger charge is -2.39. The Hall–Kier alpha value is -3.20. The molecule has 0 saturated carbocycles. The van der Waals surface area contributed by atoms with Crippen molar-refractivity contribution in [3.05, 3.63) is 70.1 Å².